The molecule has 1 aliphatic rings. The zero-order chi connectivity index (χ0) is 22.0. The van der Waals surface area contributed by atoms with Gasteiger partial charge in [0.2, 0.25) is 0 Å². The predicted molar refractivity (Wildman–Crippen MR) is 112 cm³/mol. The summed E-state index contributed by atoms with van der Waals surface area (Å²) in [6.07, 6.45) is 1.34. The van der Waals surface area contributed by atoms with Gasteiger partial charge in [-0.15, -0.1) is 0 Å². The van der Waals surface area contributed by atoms with E-state index < -0.39 is 6.03 Å². The molecule has 2 heterocycles. The molecule has 162 valence electrons. The molecule has 1 N–H and O–H groups in total. The molecule has 0 aliphatic carbocycles. The maximum Gasteiger partial charge on any atom is 0.343 e. The maximum absolute atomic E-state index is 13.5. The Morgan fingerprint density at radius 2 is 1.74 bits per heavy atom. The monoisotopic (exact) mass is 425 g/mol. The number of carbonyl (C=O) groups excluding carboxylic acids is 1. The lowest BCUT2D eigenvalue weighted by molar-refractivity contribution is -0.0358. The van der Waals surface area contributed by atoms with Crippen LogP contribution in [0.25, 0.3) is 22.6 Å². The third kappa shape index (κ3) is 4.39. The van der Waals surface area contributed by atoms with Crippen molar-refractivity contribution >= 4 is 6.03 Å². The molecule has 2 amide bonds. The standard InChI is InChI=1S/C23H24FN3O4/c1-26(29)23(28)27-13-11-17(12-14-27)22-25-20(15-5-9-19(30-2)10-6-15)21(31-22)16-3-7-18(24)8-4-16/h3-10,17,29H,11-14H2,1-2H3. The summed E-state index contributed by atoms with van der Waals surface area (Å²) in [4.78, 5) is 18.4. The first-order valence-electron chi connectivity index (χ1n) is 10.1. The van der Waals surface area contributed by atoms with Crippen LogP contribution in [-0.2, 0) is 0 Å². The van der Waals surface area contributed by atoms with Gasteiger partial charge in [0, 0.05) is 37.2 Å². The molecule has 8 heteroatoms. The first-order valence-corrected chi connectivity index (χ1v) is 10.1. The van der Waals surface area contributed by atoms with Gasteiger partial charge in [-0.3, -0.25) is 5.21 Å². The zero-order valence-corrected chi connectivity index (χ0v) is 17.4. The van der Waals surface area contributed by atoms with Crippen molar-refractivity contribution in [3.8, 4) is 28.3 Å². The molecule has 1 saturated heterocycles. The summed E-state index contributed by atoms with van der Waals surface area (Å²) in [6, 6.07) is 13.2. The van der Waals surface area contributed by atoms with Gasteiger partial charge in [-0.05, 0) is 61.4 Å². The first kappa shape index (κ1) is 20.9. The van der Waals surface area contributed by atoms with E-state index in [2.05, 4.69) is 0 Å². The minimum Gasteiger partial charge on any atom is -0.497 e. The average Bonchev–Trinajstić information content (AvgIpc) is 3.24. The van der Waals surface area contributed by atoms with Crippen molar-refractivity contribution in [1.82, 2.24) is 14.9 Å². The van der Waals surface area contributed by atoms with Crippen LogP contribution in [0, 0.1) is 5.82 Å². The van der Waals surface area contributed by atoms with Crippen LogP contribution in [0.2, 0.25) is 0 Å². The molecule has 4 rings (SSSR count). The first-order chi connectivity index (χ1) is 15.0. The Bertz CT molecular complexity index is 1040. The number of hydroxylamine groups is 2. The number of benzene rings is 2. The van der Waals surface area contributed by atoms with Crippen LogP contribution in [0.4, 0.5) is 9.18 Å². The van der Waals surface area contributed by atoms with Gasteiger partial charge in [-0.1, -0.05) is 0 Å². The Morgan fingerprint density at radius 3 is 2.32 bits per heavy atom. The highest BCUT2D eigenvalue weighted by molar-refractivity contribution is 5.77. The van der Waals surface area contributed by atoms with E-state index in [9.17, 15) is 14.4 Å². The highest BCUT2D eigenvalue weighted by atomic mass is 19.1. The summed E-state index contributed by atoms with van der Waals surface area (Å²) in [5.74, 6) is 1.63. The van der Waals surface area contributed by atoms with E-state index in [1.165, 1.54) is 19.2 Å². The fourth-order valence-corrected chi connectivity index (χ4v) is 3.78. The topological polar surface area (TPSA) is 79.0 Å². The molecule has 7 nitrogen and oxygen atoms in total. The Labute approximate surface area is 179 Å². The SMILES string of the molecule is COc1ccc(-c2nc(C3CCN(C(=O)N(C)O)CC3)oc2-c2ccc(F)cc2)cc1. The Morgan fingerprint density at radius 1 is 1.13 bits per heavy atom. The van der Waals surface area contributed by atoms with Crippen molar-refractivity contribution in [3.63, 3.8) is 0 Å². The van der Waals surface area contributed by atoms with Crippen LogP contribution in [0.1, 0.15) is 24.7 Å². The number of piperidine rings is 1. The number of carbonyl (C=O) groups is 1. The molecule has 0 unspecified atom stereocenters. The Hall–Kier alpha value is -3.39. The van der Waals surface area contributed by atoms with Crippen LogP contribution < -0.4 is 4.74 Å². The summed E-state index contributed by atoms with van der Waals surface area (Å²) in [5.41, 5.74) is 2.28. The molecule has 1 aromatic heterocycles. The van der Waals surface area contributed by atoms with E-state index in [4.69, 9.17) is 14.1 Å². The van der Waals surface area contributed by atoms with Gasteiger partial charge in [0.15, 0.2) is 11.7 Å². The molecule has 3 aromatic rings. The van der Waals surface area contributed by atoms with Crippen molar-refractivity contribution < 1.29 is 23.5 Å². The number of oxazole rings is 1. The number of aromatic nitrogens is 1. The summed E-state index contributed by atoms with van der Waals surface area (Å²) < 4.78 is 24.9. The van der Waals surface area contributed by atoms with E-state index in [-0.39, 0.29) is 11.7 Å². The number of halogens is 1. The van der Waals surface area contributed by atoms with E-state index in [1.54, 1.807) is 24.1 Å². The van der Waals surface area contributed by atoms with Gasteiger partial charge >= 0.3 is 6.03 Å². The lowest BCUT2D eigenvalue weighted by atomic mass is 9.97. The minimum atomic E-state index is -0.420. The normalized spacial score (nSPS) is 14.5. The fraction of sp³-hybridized carbons (Fsp3) is 0.304. The molecule has 0 bridgehead atoms. The fourth-order valence-electron chi connectivity index (χ4n) is 3.78. The lowest BCUT2D eigenvalue weighted by Gasteiger charge is -2.31. The van der Waals surface area contributed by atoms with Gasteiger partial charge in [0.1, 0.15) is 17.3 Å². The van der Waals surface area contributed by atoms with Crippen molar-refractivity contribution in [2.24, 2.45) is 0 Å². The van der Waals surface area contributed by atoms with Crippen LogP contribution in [0.15, 0.2) is 52.9 Å². The smallest absolute Gasteiger partial charge is 0.343 e. The summed E-state index contributed by atoms with van der Waals surface area (Å²) in [6.45, 7) is 1.00. The second kappa shape index (κ2) is 8.77. The summed E-state index contributed by atoms with van der Waals surface area (Å²) in [7, 11) is 2.93. The van der Waals surface area contributed by atoms with Gasteiger partial charge < -0.3 is 14.1 Å². The Kier molecular flexibility index (Phi) is 5.90. The van der Waals surface area contributed by atoms with E-state index in [0.717, 1.165) is 16.9 Å². The van der Waals surface area contributed by atoms with Crippen molar-refractivity contribution in [1.29, 1.82) is 0 Å². The average molecular weight is 425 g/mol. The number of hydrogen-bond acceptors (Lipinski definition) is 5. The highest BCUT2D eigenvalue weighted by Crippen LogP contribution is 2.38. The van der Waals surface area contributed by atoms with E-state index in [0.29, 0.717) is 48.3 Å². The van der Waals surface area contributed by atoms with Crippen LogP contribution in [0.3, 0.4) is 0 Å². The number of likely N-dealkylation sites (tertiary alicyclic amines) is 1. The van der Waals surface area contributed by atoms with Crippen molar-refractivity contribution in [2.45, 2.75) is 18.8 Å². The van der Waals surface area contributed by atoms with Crippen molar-refractivity contribution in [3.05, 3.63) is 60.2 Å². The van der Waals surface area contributed by atoms with Gasteiger partial charge in [0.05, 0.1) is 7.11 Å². The number of methoxy groups -OCH3 is 1. The van der Waals surface area contributed by atoms with Crippen LogP contribution >= 0.6 is 0 Å². The summed E-state index contributed by atoms with van der Waals surface area (Å²) in [5, 5.41) is 9.98. The molecule has 0 atom stereocenters. The number of hydrogen-bond donors (Lipinski definition) is 1. The molecule has 31 heavy (non-hydrogen) atoms. The third-order valence-electron chi connectivity index (χ3n) is 5.51. The number of amides is 2. The highest BCUT2D eigenvalue weighted by Gasteiger charge is 2.29. The third-order valence-corrected chi connectivity index (χ3v) is 5.51. The number of urea groups is 1. The second-order valence-electron chi connectivity index (χ2n) is 7.53. The Balaban J connectivity index is 1.65. The number of nitrogens with zero attached hydrogens (tertiary/aromatic N) is 3. The molecule has 0 radical (unpaired) electrons. The lowest BCUT2D eigenvalue weighted by Crippen LogP contribution is -2.43. The van der Waals surface area contributed by atoms with Gasteiger partial charge in [-0.25, -0.2) is 19.2 Å². The van der Waals surface area contributed by atoms with Gasteiger partial charge in [-0.2, -0.15) is 0 Å². The molecular formula is C23H24FN3O4. The van der Waals surface area contributed by atoms with Crippen LogP contribution in [-0.4, -0.2) is 53.4 Å². The van der Waals surface area contributed by atoms with Gasteiger partial charge in [0.25, 0.3) is 0 Å². The second-order valence-corrected chi connectivity index (χ2v) is 7.53. The predicted octanol–water partition coefficient (Wildman–Crippen LogP) is 4.78. The van der Waals surface area contributed by atoms with Crippen molar-refractivity contribution in [2.75, 3.05) is 27.2 Å². The number of rotatable bonds is 4. The zero-order valence-electron chi connectivity index (χ0n) is 17.4. The van der Waals surface area contributed by atoms with E-state index in [1.807, 2.05) is 24.3 Å². The molecular weight excluding hydrogens is 401 g/mol. The van der Waals surface area contributed by atoms with E-state index >= 15 is 0 Å². The van der Waals surface area contributed by atoms with Crippen LogP contribution in [0.5, 0.6) is 5.75 Å². The molecule has 1 fully saturated rings. The minimum absolute atomic E-state index is 0.0410. The summed E-state index contributed by atoms with van der Waals surface area (Å²) >= 11 is 0. The number of ether oxygens (including phenoxy) is 1. The maximum atomic E-state index is 13.5. The largest absolute Gasteiger partial charge is 0.497 e. The molecule has 2 aromatic carbocycles. The molecule has 0 spiro atoms. The molecule has 0 saturated carbocycles. The molecule has 1 aliphatic heterocycles. The quantitative estimate of drug-likeness (QED) is 0.481.